The fourth-order valence-corrected chi connectivity index (χ4v) is 0.272. The molecule has 0 radical (unpaired) electrons. The molecule has 8 nitrogen and oxygen atoms in total. The van der Waals surface area contributed by atoms with E-state index in [4.69, 9.17) is 0 Å². The van der Waals surface area contributed by atoms with Gasteiger partial charge < -0.3 is 39.6 Å². The third-order valence-corrected chi connectivity index (χ3v) is 0.711. The van der Waals surface area contributed by atoms with Gasteiger partial charge in [-0.25, -0.2) is 0 Å². The predicted molar refractivity (Wildman–Crippen MR) is 38.3 cm³/mol. The van der Waals surface area contributed by atoms with E-state index in [2.05, 4.69) is 0 Å². The fourth-order valence-electron chi connectivity index (χ4n) is 0.272. The molecule has 0 bridgehead atoms. The summed E-state index contributed by atoms with van der Waals surface area (Å²) in [7, 11) is 0. The fraction of sp³-hybridized carbons (Fsp3) is 0. The van der Waals surface area contributed by atoms with Gasteiger partial charge in [0.15, 0.2) is 0 Å². The molecule has 88 valence electrons. The molecule has 0 fully saturated rings. The smallest absolute Gasteiger partial charge is 0.0643 e. The summed E-state index contributed by atoms with van der Waals surface area (Å²) in [6, 6.07) is 0. The first-order chi connectivity index (χ1) is 7.25. The maximum Gasteiger partial charge on any atom is 0.0643 e. The van der Waals surface area contributed by atoms with Crippen molar-refractivity contribution >= 4 is 23.9 Å². The van der Waals surface area contributed by atoms with Crippen LogP contribution in [0, 0.1) is 0 Å². The summed E-state index contributed by atoms with van der Waals surface area (Å²) in [6.07, 6.45) is 1.54. The van der Waals surface area contributed by atoms with Crippen LogP contribution in [0.25, 0.3) is 0 Å². The van der Waals surface area contributed by atoms with Gasteiger partial charge in [-0.2, -0.15) is 0 Å². The van der Waals surface area contributed by atoms with E-state index in [1.165, 1.54) is 0 Å². The van der Waals surface area contributed by atoms with Gasteiger partial charge in [-0.15, -0.1) is 0 Å². The van der Waals surface area contributed by atoms with Gasteiger partial charge in [-0.3, -0.25) is 0 Å². The summed E-state index contributed by atoms with van der Waals surface area (Å²) >= 11 is 0. The van der Waals surface area contributed by atoms with E-state index in [0.717, 1.165) is 0 Å². The predicted octanol–water partition coefficient (Wildman–Crippen LogP) is -5.92. The lowest BCUT2D eigenvalue weighted by atomic mass is 10.5. The van der Waals surface area contributed by atoms with Crippen molar-refractivity contribution in [3.05, 3.63) is 24.3 Å². The van der Waals surface area contributed by atoms with Crippen LogP contribution in [0.3, 0.4) is 0 Å². The maximum absolute atomic E-state index is 9.41. The lowest BCUT2D eigenvalue weighted by Gasteiger charge is -1.90. The molecular weight excluding hydrogens is 224 g/mol. The van der Waals surface area contributed by atoms with Crippen molar-refractivity contribution in [2.75, 3.05) is 0 Å². The molecule has 0 spiro atoms. The Labute approximate surface area is 88.7 Å². The summed E-state index contributed by atoms with van der Waals surface area (Å²) in [5.74, 6) is -6.19. The van der Waals surface area contributed by atoms with Gasteiger partial charge >= 0.3 is 0 Å². The average Bonchev–Trinajstić information content (AvgIpc) is 2.12. The molecule has 0 saturated heterocycles. The Balaban J connectivity index is 0. The van der Waals surface area contributed by atoms with Crippen LogP contribution in [0.2, 0.25) is 0 Å². The summed E-state index contributed by atoms with van der Waals surface area (Å²) in [5, 5.41) is 37.7. The molecule has 0 aromatic carbocycles. The summed E-state index contributed by atoms with van der Waals surface area (Å²) < 4.78 is 0. The number of rotatable bonds is 4. The minimum absolute atomic E-state index is 0.384. The highest BCUT2D eigenvalue weighted by Gasteiger charge is 1.71. The Hall–Kier alpha value is -2.64. The lowest BCUT2D eigenvalue weighted by Crippen LogP contribution is -2.23. The zero-order valence-electron chi connectivity index (χ0n) is 7.58. The van der Waals surface area contributed by atoms with Gasteiger partial charge in [0.25, 0.3) is 0 Å². The molecule has 0 aliphatic carbocycles. The number of carbonyl (C=O) groups excluding carboxylic acids is 4. The molecule has 0 aliphatic heterocycles. The van der Waals surface area contributed by atoms with Crippen LogP contribution in [-0.4, -0.2) is 23.9 Å². The molecular formula is C8H4O8-4. The van der Waals surface area contributed by atoms with E-state index < -0.39 is 23.9 Å². The molecule has 16 heavy (non-hydrogen) atoms. The van der Waals surface area contributed by atoms with Crippen molar-refractivity contribution in [3.8, 4) is 0 Å². The largest absolute Gasteiger partial charge is 0.545 e. The molecule has 0 aromatic heterocycles. The van der Waals surface area contributed by atoms with Gasteiger partial charge in [-0.05, 0) is 24.3 Å². The quantitative estimate of drug-likeness (QED) is 0.429. The number of aliphatic carboxylic acids is 4. The zero-order chi connectivity index (χ0) is 13.1. The second-order valence-corrected chi connectivity index (χ2v) is 1.94. The number of carboxylic acid groups (broad SMARTS) is 4. The lowest BCUT2D eigenvalue weighted by molar-refractivity contribution is -0.301. The minimum Gasteiger partial charge on any atom is -0.545 e. The average molecular weight is 228 g/mol. The van der Waals surface area contributed by atoms with Crippen LogP contribution in [0.1, 0.15) is 0 Å². The van der Waals surface area contributed by atoms with Gasteiger partial charge in [0, 0.05) is 0 Å². The highest BCUT2D eigenvalue weighted by Crippen LogP contribution is 1.64. The number of hydrogen-bond donors (Lipinski definition) is 0. The highest BCUT2D eigenvalue weighted by atomic mass is 16.4. The Morgan fingerprint density at radius 3 is 0.688 bits per heavy atom. The van der Waals surface area contributed by atoms with Crippen molar-refractivity contribution < 1.29 is 39.6 Å². The molecule has 8 heteroatoms. The van der Waals surface area contributed by atoms with Gasteiger partial charge in [0.05, 0.1) is 23.9 Å². The van der Waals surface area contributed by atoms with Gasteiger partial charge in [-0.1, -0.05) is 0 Å². The van der Waals surface area contributed by atoms with E-state index in [-0.39, 0.29) is 0 Å². The number of hydrogen-bond acceptors (Lipinski definition) is 8. The SMILES string of the molecule is O=C([O-])/C=C\C(=O)[O-].O=C([O-])/C=C\C(=O)[O-]. The van der Waals surface area contributed by atoms with Crippen LogP contribution in [0.15, 0.2) is 24.3 Å². The van der Waals surface area contributed by atoms with Crippen LogP contribution in [0.4, 0.5) is 0 Å². The van der Waals surface area contributed by atoms with Crippen molar-refractivity contribution in [1.29, 1.82) is 0 Å². The van der Waals surface area contributed by atoms with Crippen LogP contribution in [-0.2, 0) is 19.2 Å². The first-order valence-corrected chi connectivity index (χ1v) is 3.45. The summed E-state index contributed by atoms with van der Waals surface area (Å²) in [6.45, 7) is 0. The van der Waals surface area contributed by atoms with E-state index in [0.29, 0.717) is 24.3 Å². The zero-order valence-corrected chi connectivity index (χ0v) is 7.58. The van der Waals surface area contributed by atoms with Gasteiger partial charge in [0.2, 0.25) is 0 Å². The van der Waals surface area contributed by atoms with E-state index in [9.17, 15) is 39.6 Å². The number of carbonyl (C=O) groups is 4. The van der Waals surface area contributed by atoms with Crippen LogP contribution in [0.5, 0.6) is 0 Å². The molecule has 0 aromatic rings. The maximum atomic E-state index is 9.41. The second-order valence-electron chi connectivity index (χ2n) is 1.94. The molecule has 0 amide bonds. The molecule has 0 unspecified atom stereocenters. The first kappa shape index (κ1) is 15.8. The minimum atomic E-state index is -1.55. The monoisotopic (exact) mass is 228 g/mol. The van der Waals surface area contributed by atoms with Crippen molar-refractivity contribution in [3.63, 3.8) is 0 Å². The van der Waals surface area contributed by atoms with E-state index in [1.54, 1.807) is 0 Å². The van der Waals surface area contributed by atoms with E-state index >= 15 is 0 Å². The van der Waals surface area contributed by atoms with Crippen molar-refractivity contribution in [2.45, 2.75) is 0 Å². The van der Waals surface area contributed by atoms with E-state index in [1.807, 2.05) is 0 Å². The Bertz CT molecular complexity index is 272. The van der Waals surface area contributed by atoms with Crippen molar-refractivity contribution in [2.24, 2.45) is 0 Å². The normalized spacial score (nSPS) is 9.50. The molecule has 0 N–H and O–H groups in total. The third kappa shape index (κ3) is 22.5. The molecule has 0 heterocycles. The first-order valence-electron chi connectivity index (χ1n) is 3.45. The Kier molecular flexibility index (Phi) is 8.83. The molecule has 0 aliphatic rings. The molecule has 0 atom stereocenters. The Morgan fingerprint density at radius 1 is 0.500 bits per heavy atom. The number of carboxylic acids is 4. The third-order valence-electron chi connectivity index (χ3n) is 0.711. The Morgan fingerprint density at radius 2 is 0.625 bits per heavy atom. The van der Waals surface area contributed by atoms with Gasteiger partial charge in [0.1, 0.15) is 0 Å². The summed E-state index contributed by atoms with van der Waals surface area (Å²) in [4.78, 5) is 37.7. The van der Waals surface area contributed by atoms with Crippen LogP contribution >= 0.6 is 0 Å². The second kappa shape index (κ2) is 8.94. The molecule has 0 rings (SSSR count). The standard InChI is InChI=1S/2C4H4O4/c2*5-3(6)1-2-4(7)8/h2*1-2H,(H,5,6)(H,7,8)/p-4/b2*2-1-. The topological polar surface area (TPSA) is 161 Å². The summed E-state index contributed by atoms with van der Waals surface area (Å²) in [5.41, 5.74) is 0. The highest BCUT2D eigenvalue weighted by molar-refractivity contribution is 5.88. The van der Waals surface area contributed by atoms with Crippen LogP contribution < -0.4 is 20.4 Å². The molecule has 0 saturated carbocycles. The van der Waals surface area contributed by atoms with Crippen molar-refractivity contribution in [1.82, 2.24) is 0 Å².